The van der Waals surface area contributed by atoms with Crippen LogP contribution in [0.15, 0.2) is 29.3 Å². The van der Waals surface area contributed by atoms with E-state index >= 15 is 0 Å². The molecule has 1 amide bonds. The van der Waals surface area contributed by atoms with E-state index in [0.29, 0.717) is 44.2 Å². The zero-order chi connectivity index (χ0) is 19.3. The van der Waals surface area contributed by atoms with Gasteiger partial charge in [-0.1, -0.05) is 12.1 Å². The summed E-state index contributed by atoms with van der Waals surface area (Å²) in [6, 6.07) is 5.50. The number of rotatable bonds is 4. The Balaban J connectivity index is 1.90. The first-order valence-corrected chi connectivity index (χ1v) is 8.37. The molecule has 1 unspecified atom stereocenters. The molecule has 9 heteroatoms. The van der Waals surface area contributed by atoms with Gasteiger partial charge < -0.3 is 16.0 Å². The fourth-order valence-corrected chi connectivity index (χ4v) is 2.88. The molecule has 1 aromatic rings. The van der Waals surface area contributed by atoms with Gasteiger partial charge in [-0.05, 0) is 24.6 Å². The lowest BCUT2D eigenvalue weighted by Gasteiger charge is -2.39. The minimum Gasteiger partial charge on any atom is -0.366 e. The van der Waals surface area contributed by atoms with Gasteiger partial charge in [-0.2, -0.15) is 13.2 Å². The number of nitrogens with two attached hydrogens (primary N) is 1. The third-order valence-electron chi connectivity index (χ3n) is 4.51. The Morgan fingerprint density at radius 3 is 2.50 bits per heavy atom. The van der Waals surface area contributed by atoms with Gasteiger partial charge in [0.05, 0.1) is 0 Å². The number of amides is 1. The maximum Gasteiger partial charge on any atom is 0.403 e. The normalized spacial score (nSPS) is 17.9. The summed E-state index contributed by atoms with van der Waals surface area (Å²) in [6.45, 7) is 3.18. The second-order valence-corrected chi connectivity index (χ2v) is 6.21. The first-order valence-electron chi connectivity index (χ1n) is 8.37. The van der Waals surface area contributed by atoms with Crippen molar-refractivity contribution in [1.29, 1.82) is 0 Å². The van der Waals surface area contributed by atoms with Crippen molar-refractivity contribution in [2.75, 3.05) is 33.2 Å². The fourth-order valence-electron chi connectivity index (χ4n) is 2.88. The molecule has 0 radical (unpaired) electrons. The highest BCUT2D eigenvalue weighted by Crippen LogP contribution is 2.25. The van der Waals surface area contributed by atoms with Crippen LogP contribution in [0.1, 0.15) is 22.8 Å². The standard InChI is InChI=1S/C17H24F3N5O/c1-12(17(18,19)20)24-6-8-25(9-7-24)16(22-2)23-11-13-4-3-5-14(10-13)15(21)26/h3-5,10,12H,6-9,11H2,1-2H3,(H2,21,26)(H,22,23). The molecule has 144 valence electrons. The van der Waals surface area contributed by atoms with Crippen molar-refractivity contribution in [3.63, 3.8) is 0 Å². The number of hydrogen-bond acceptors (Lipinski definition) is 3. The molecule has 1 fully saturated rings. The maximum atomic E-state index is 12.8. The number of alkyl halides is 3. The van der Waals surface area contributed by atoms with Gasteiger partial charge in [-0.25, -0.2) is 0 Å². The molecule has 1 saturated heterocycles. The maximum absolute atomic E-state index is 12.8. The number of hydrogen-bond donors (Lipinski definition) is 2. The first kappa shape index (κ1) is 20.0. The Bertz CT molecular complexity index is 654. The van der Waals surface area contributed by atoms with E-state index in [-0.39, 0.29) is 0 Å². The van der Waals surface area contributed by atoms with Crippen molar-refractivity contribution in [2.24, 2.45) is 10.7 Å². The summed E-state index contributed by atoms with van der Waals surface area (Å²) in [4.78, 5) is 18.8. The topological polar surface area (TPSA) is 74.0 Å². The summed E-state index contributed by atoms with van der Waals surface area (Å²) >= 11 is 0. The average Bonchev–Trinajstić information content (AvgIpc) is 2.61. The summed E-state index contributed by atoms with van der Waals surface area (Å²) in [5.41, 5.74) is 6.57. The number of nitrogens with zero attached hydrogens (tertiary/aromatic N) is 3. The Morgan fingerprint density at radius 1 is 1.31 bits per heavy atom. The van der Waals surface area contributed by atoms with Crippen LogP contribution in [-0.2, 0) is 6.54 Å². The highest BCUT2D eigenvalue weighted by molar-refractivity contribution is 5.92. The molecule has 1 atom stereocenters. The van der Waals surface area contributed by atoms with Crippen LogP contribution in [0, 0.1) is 0 Å². The molecular formula is C17H24F3N5O. The summed E-state index contributed by atoms with van der Waals surface area (Å²) < 4.78 is 38.5. The van der Waals surface area contributed by atoms with E-state index in [1.165, 1.54) is 11.8 Å². The van der Waals surface area contributed by atoms with Crippen molar-refractivity contribution in [3.05, 3.63) is 35.4 Å². The van der Waals surface area contributed by atoms with E-state index in [1.807, 2.05) is 11.0 Å². The molecule has 0 aliphatic carbocycles. The Labute approximate surface area is 150 Å². The molecule has 1 aliphatic rings. The lowest BCUT2D eigenvalue weighted by Crippen LogP contribution is -2.56. The molecule has 0 saturated carbocycles. The first-order chi connectivity index (χ1) is 12.2. The summed E-state index contributed by atoms with van der Waals surface area (Å²) in [6.07, 6.45) is -4.21. The van der Waals surface area contributed by atoms with Crippen molar-refractivity contribution in [1.82, 2.24) is 15.1 Å². The van der Waals surface area contributed by atoms with Crippen LogP contribution in [0.5, 0.6) is 0 Å². The van der Waals surface area contributed by atoms with E-state index in [4.69, 9.17) is 5.73 Å². The van der Waals surface area contributed by atoms with Crippen molar-refractivity contribution >= 4 is 11.9 Å². The summed E-state index contributed by atoms with van der Waals surface area (Å²) in [7, 11) is 1.63. The Morgan fingerprint density at radius 2 is 1.96 bits per heavy atom. The number of benzene rings is 1. The van der Waals surface area contributed by atoms with Crippen LogP contribution in [-0.4, -0.2) is 67.1 Å². The molecule has 1 aliphatic heterocycles. The van der Waals surface area contributed by atoms with E-state index in [2.05, 4.69) is 10.3 Å². The minimum atomic E-state index is -4.21. The predicted octanol–water partition coefficient (Wildman–Crippen LogP) is 1.43. The van der Waals surface area contributed by atoms with Crippen molar-refractivity contribution < 1.29 is 18.0 Å². The largest absolute Gasteiger partial charge is 0.403 e. The third kappa shape index (κ3) is 5.10. The highest BCUT2D eigenvalue weighted by Gasteiger charge is 2.41. The van der Waals surface area contributed by atoms with E-state index in [0.717, 1.165) is 5.56 Å². The zero-order valence-electron chi connectivity index (χ0n) is 14.9. The number of halogens is 3. The van der Waals surface area contributed by atoms with E-state index in [9.17, 15) is 18.0 Å². The SMILES string of the molecule is CN=C(NCc1cccc(C(N)=O)c1)N1CCN(C(C)C(F)(F)F)CC1. The second kappa shape index (κ2) is 8.39. The Hall–Kier alpha value is -2.29. The number of primary amides is 1. The predicted molar refractivity (Wildman–Crippen MR) is 93.8 cm³/mol. The van der Waals surface area contributed by atoms with Crippen molar-refractivity contribution in [3.8, 4) is 0 Å². The minimum absolute atomic E-state index is 0.318. The van der Waals surface area contributed by atoms with Gasteiger partial charge in [0.25, 0.3) is 0 Å². The van der Waals surface area contributed by atoms with Crippen LogP contribution >= 0.6 is 0 Å². The van der Waals surface area contributed by atoms with E-state index < -0.39 is 18.1 Å². The number of piperazine rings is 1. The van der Waals surface area contributed by atoms with Gasteiger partial charge in [0.15, 0.2) is 5.96 Å². The second-order valence-electron chi connectivity index (χ2n) is 6.21. The molecule has 1 aromatic carbocycles. The molecular weight excluding hydrogens is 347 g/mol. The summed E-state index contributed by atoms with van der Waals surface area (Å²) in [5.74, 6) is 0.125. The van der Waals surface area contributed by atoms with Gasteiger partial charge >= 0.3 is 6.18 Å². The molecule has 26 heavy (non-hydrogen) atoms. The van der Waals surface area contributed by atoms with Crippen LogP contribution in [0.4, 0.5) is 13.2 Å². The molecule has 0 spiro atoms. The Kier molecular flexibility index (Phi) is 6.47. The smallest absolute Gasteiger partial charge is 0.366 e. The molecule has 0 aromatic heterocycles. The lowest BCUT2D eigenvalue weighted by atomic mass is 10.1. The van der Waals surface area contributed by atoms with Gasteiger partial charge in [0, 0.05) is 45.3 Å². The van der Waals surface area contributed by atoms with Gasteiger partial charge in [-0.15, -0.1) is 0 Å². The van der Waals surface area contributed by atoms with Crippen LogP contribution in [0.2, 0.25) is 0 Å². The number of nitrogens with one attached hydrogen (secondary N) is 1. The fraction of sp³-hybridized carbons (Fsp3) is 0.529. The van der Waals surface area contributed by atoms with Gasteiger partial charge in [0.1, 0.15) is 6.04 Å². The monoisotopic (exact) mass is 371 g/mol. The van der Waals surface area contributed by atoms with Crippen LogP contribution in [0.3, 0.4) is 0 Å². The van der Waals surface area contributed by atoms with Crippen molar-refractivity contribution in [2.45, 2.75) is 25.7 Å². The molecule has 1 heterocycles. The van der Waals surface area contributed by atoms with Gasteiger partial charge in [0.2, 0.25) is 5.91 Å². The molecule has 3 N–H and O–H groups in total. The van der Waals surface area contributed by atoms with Crippen LogP contribution in [0.25, 0.3) is 0 Å². The zero-order valence-corrected chi connectivity index (χ0v) is 14.9. The number of carbonyl (C=O) groups excluding carboxylic acids is 1. The average molecular weight is 371 g/mol. The van der Waals surface area contributed by atoms with Gasteiger partial charge in [-0.3, -0.25) is 14.7 Å². The number of guanidine groups is 1. The molecule has 2 rings (SSSR count). The molecule has 0 bridgehead atoms. The highest BCUT2D eigenvalue weighted by atomic mass is 19.4. The number of aliphatic imine (C=N–C) groups is 1. The number of carbonyl (C=O) groups is 1. The lowest BCUT2D eigenvalue weighted by molar-refractivity contribution is -0.181. The quantitative estimate of drug-likeness (QED) is 0.620. The van der Waals surface area contributed by atoms with E-state index in [1.54, 1.807) is 25.2 Å². The molecule has 6 nitrogen and oxygen atoms in total. The summed E-state index contributed by atoms with van der Waals surface area (Å²) in [5, 5.41) is 3.18. The third-order valence-corrected chi connectivity index (χ3v) is 4.51. The van der Waals surface area contributed by atoms with Crippen LogP contribution < -0.4 is 11.1 Å².